The zero-order valence-corrected chi connectivity index (χ0v) is 21.8. The number of aliphatic carboxylic acids is 1. The number of hydrogen-bond acceptors (Lipinski definition) is 8. The number of aliphatic imine (C=N–C) groups is 2. The number of carboxylic acid groups (broad SMARTS) is 1. The van der Waals surface area contributed by atoms with E-state index in [-0.39, 0.29) is 40.8 Å². The third-order valence-electron chi connectivity index (χ3n) is 5.49. The van der Waals surface area contributed by atoms with Gasteiger partial charge in [-0.15, -0.1) is 6.42 Å². The minimum atomic E-state index is -1.31. The molecule has 0 spiro atoms. The monoisotopic (exact) mass is 573 g/mol. The molecule has 0 saturated carbocycles. The van der Waals surface area contributed by atoms with E-state index in [1.807, 2.05) is 0 Å². The van der Waals surface area contributed by atoms with Crippen LogP contribution in [0.4, 0.5) is 8.78 Å². The fourth-order valence-electron chi connectivity index (χ4n) is 3.51. The van der Waals surface area contributed by atoms with Gasteiger partial charge in [0.1, 0.15) is 12.0 Å². The number of allylic oxidation sites excluding steroid dienone is 1. The molecule has 2 aliphatic heterocycles. The van der Waals surface area contributed by atoms with Gasteiger partial charge >= 0.3 is 5.97 Å². The molecule has 2 amide bonds. The Bertz CT molecular complexity index is 1350. The van der Waals surface area contributed by atoms with Gasteiger partial charge in [0.05, 0.1) is 30.4 Å². The highest BCUT2D eigenvalue weighted by atomic mass is 35.5. The van der Waals surface area contributed by atoms with Gasteiger partial charge in [-0.1, -0.05) is 23.6 Å². The summed E-state index contributed by atoms with van der Waals surface area (Å²) in [5.41, 5.74) is 6.35. The minimum absolute atomic E-state index is 0.0578. The molecule has 0 bridgehead atoms. The van der Waals surface area contributed by atoms with Crippen LogP contribution in [0.5, 0.6) is 0 Å². The van der Waals surface area contributed by atoms with Crippen LogP contribution >= 0.6 is 11.6 Å². The first kappa shape index (κ1) is 30.0. The number of guanidine groups is 1. The first-order chi connectivity index (χ1) is 19.2. The van der Waals surface area contributed by atoms with Crippen molar-refractivity contribution in [2.24, 2.45) is 9.98 Å². The summed E-state index contributed by atoms with van der Waals surface area (Å²) in [6.07, 6.45) is 9.49. The number of terminal acetylenes is 1. The van der Waals surface area contributed by atoms with E-state index in [4.69, 9.17) is 23.1 Å². The Balaban J connectivity index is 1.74. The van der Waals surface area contributed by atoms with E-state index >= 15 is 0 Å². The van der Waals surface area contributed by atoms with Crippen LogP contribution in [0.2, 0.25) is 5.02 Å². The van der Waals surface area contributed by atoms with E-state index in [1.54, 1.807) is 6.20 Å². The number of hydrogen-bond donors (Lipinski definition) is 6. The summed E-state index contributed by atoms with van der Waals surface area (Å²) in [5.74, 6) is -1.14. The van der Waals surface area contributed by atoms with Crippen LogP contribution in [0.15, 0.2) is 63.8 Å². The number of carboxylic acids is 1. The van der Waals surface area contributed by atoms with Gasteiger partial charge in [-0.25, -0.2) is 29.0 Å². The summed E-state index contributed by atoms with van der Waals surface area (Å²) in [7, 11) is 0. The van der Waals surface area contributed by atoms with Crippen molar-refractivity contribution in [1.29, 1.82) is 0 Å². The molecule has 2 aliphatic rings. The van der Waals surface area contributed by atoms with E-state index in [0.29, 0.717) is 18.7 Å². The van der Waals surface area contributed by atoms with Crippen LogP contribution in [0.3, 0.4) is 0 Å². The molecule has 0 fully saturated rings. The average Bonchev–Trinajstić information content (AvgIpc) is 3.38. The van der Waals surface area contributed by atoms with E-state index in [2.05, 4.69) is 42.7 Å². The molecule has 0 radical (unpaired) electrons. The Morgan fingerprint density at radius 3 is 2.88 bits per heavy atom. The highest BCUT2D eigenvalue weighted by Gasteiger charge is 2.19. The van der Waals surface area contributed by atoms with E-state index < -0.39 is 42.4 Å². The standard InChI is InChI=1S/C26H26ClF2N7O4/c1-2-15(9-22(16-11-33-34-12-16)36-26-30-8-7-18(28)13-32-26)25(40)31-14-23(37)35-21(5-6-24(38)39)19-10-17(27)3-4-20(19)29/h1,3-6,9-11,18,21,33-34H,7-8,12-14H2,(H,30,32)(H,31,40)(H,35,37)(H,38,39)/b6-5+,15-9+,36-22?. The fraction of sp³-hybridized carbons (Fsp3) is 0.269. The second-order valence-corrected chi connectivity index (χ2v) is 8.87. The number of amides is 2. The molecule has 1 aromatic carbocycles. The van der Waals surface area contributed by atoms with Crippen molar-refractivity contribution in [2.45, 2.75) is 18.6 Å². The number of nitrogens with zero attached hydrogens (tertiary/aromatic N) is 2. The number of benzene rings is 1. The molecule has 0 saturated heterocycles. The maximum absolute atomic E-state index is 14.4. The maximum atomic E-state index is 14.4. The third kappa shape index (κ3) is 9.04. The Morgan fingerprint density at radius 2 is 2.17 bits per heavy atom. The summed E-state index contributed by atoms with van der Waals surface area (Å²) in [6, 6.07) is 2.43. The number of rotatable bonds is 9. The molecular weight excluding hydrogens is 548 g/mol. The number of hydrazine groups is 1. The molecule has 0 aromatic heterocycles. The van der Waals surface area contributed by atoms with Crippen molar-refractivity contribution < 1.29 is 28.3 Å². The molecule has 3 rings (SSSR count). The lowest BCUT2D eigenvalue weighted by Gasteiger charge is -2.17. The Labute approximate surface area is 233 Å². The minimum Gasteiger partial charge on any atom is -0.478 e. The zero-order valence-electron chi connectivity index (χ0n) is 21.0. The molecular formula is C26H26ClF2N7O4. The van der Waals surface area contributed by atoms with Crippen LogP contribution in [-0.2, 0) is 14.4 Å². The number of halogens is 3. The predicted octanol–water partition coefficient (Wildman–Crippen LogP) is 1.07. The van der Waals surface area contributed by atoms with Crippen LogP contribution in [0.1, 0.15) is 18.0 Å². The van der Waals surface area contributed by atoms with Crippen molar-refractivity contribution >= 4 is 41.1 Å². The molecule has 40 heavy (non-hydrogen) atoms. The summed E-state index contributed by atoms with van der Waals surface area (Å²) in [4.78, 5) is 44.9. The number of nitrogens with one attached hydrogen (secondary N) is 5. The Hall–Kier alpha value is -4.54. The van der Waals surface area contributed by atoms with Gasteiger partial charge in [-0.2, -0.15) is 0 Å². The lowest BCUT2D eigenvalue weighted by Crippen LogP contribution is -2.39. The van der Waals surface area contributed by atoms with E-state index in [9.17, 15) is 23.2 Å². The Kier molecular flexibility index (Phi) is 10.9. The third-order valence-corrected chi connectivity index (χ3v) is 5.73. The van der Waals surface area contributed by atoms with Gasteiger partial charge in [-0.05, 0) is 30.7 Å². The van der Waals surface area contributed by atoms with E-state index in [1.165, 1.54) is 18.2 Å². The van der Waals surface area contributed by atoms with Gasteiger partial charge in [0.15, 0.2) is 0 Å². The molecule has 210 valence electrons. The predicted molar refractivity (Wildman–Crippen MR) is 145 cm³/mol. The number of carbonyl (C=O) groups excluding carboxylic acids is 2. The lowest BCUT2D eigenvalue weighted by molar-refractivity contribution is -0.131. The van der Waals surface area contributed by atoms with Crippen LogP contribution < -0.4 is 26.8 Å². The zero-order chi connectivity index (χ0) is 29.1. The molecule has 14 heteroatoms. The van der Waals surface area contributed by atoms with Crippen LogP contribution in [-0.4, -0.2) is 66.9 Å². The van der Waals surface area contributed by atoms with Crippen molar-refractivity contribution in [1.82, 2.24) is 26.8 Å². The highest BCUT2D eigenvalue weighted by Crippen LogP contribution is 2.22. The summed E-state index contributed by atoms with van der Waals surface area (Å²) in [6.45, 7) is 0.0521. The largest absolute Gasteiger partial charge is 0.478 e. The number of alkyl halides is 1. The normalized spacial score (nSPS) is 18.4. The van der Waals surface area contributed by atoms with Gasteiger partial charge in [0.2, 0.25) is 11.9 Å². The smallest absolute Gasteiger partial charge is 0.328 e. The Morgan fingerprint density at radius 1 is 1.38 bits per heavy atom. The molecule has 11 nitrogen and oxygen atoms in total. The second kappa shape index (κ2) is 14.6. The maximum Gasteiger partial charge on any atom is 0.328 e. The van der Waals surface area contributed by atoms with Crippen molar-refractivity contribution in [3.8, 4) is 12.3 Å². The second-order valence-electron chi connectivity index (χ2n) is 8.43. The quantitative estimate of drug-likeness (QED) is 0.147. The van der Waals surface area contributed by atoms with Gasteiger partial charge < -0.3 is 26.5 Å². The van der Waals surface area contributed by atoms with Crippen LogP contribution in [0, 0.1) is 18.2 Å². The molecule has 1 aromatic rings. The van der Waals surface area contributed by atoms with E-state index in [0.717, 1.165) is 18.2 Å². The molecule has 2 atom stereocenters. The average molecular weight is 574 g/mol. The first-order valence-corrected chi connectivity index (χ1v) is 12.3. The van der Waals surface area contributed by atoms with Gasteiger partial charge in [-0.3, -0.25) is 9.59 Å². The van der Waals surface area contributed by atoms with Gasteiger partial charge in [0.25, 0.3) is 5.91 Å². The SMILES string of the molecule is C#C/C(=C\C(=NC1=NCC(F)CCN1)C1=CNNC1)C(=O)NCC(=O)NC(/C=C/C(=O)O)c1cc(Cl)ccc1F. The highest BCUT2D eigenvalue weighted by molar-refractivity contribution is 6.30. The van der Waals surface area contributed by atoms with Crippen molar-refractivity contribution in [2.75, 3.05) is 26.2 Å². The van der Waals surface area contributed by atoms with Gasteiger partial charge in [0, 0.05) is 41.5 Å². The number of carbonyl (C=O) groups is 3. The molecule has 2 unspecified atom stereocenters. The first-order valence-electron chi connectivity index (χ1n) is 12.0. The summed E-state index contributed by atoms with van der Waals surface area (Å²) in [5, 5.41) is 16.9. The van der Waals surface area contributed by atoms with Crippen molar-refractivity contribution in [3.05, 3.63) is 70.2 Å². The summed E-state index contributed by atoms with van der Waals surface area (Å²) >= 11 is 5.93. The van der Waals surface area contributed by atoms with Crippen molar-refractivity contribution in [3.63, 3.8) is 0 Å². The molecule has 0 aliphatic carbocycles. The molecule has 2 heterocycles. The topological polar surface area (TPSA) is 156 Å². The summed E-state index contributed by atoms with van der Waals surface area (Å²) < 4.78 is 28.0. The lowest BCUT2D eigenvalue weighted by atomic mass is 10.1. The van der Waals surface area contributed by atoms with Crippen LogP contribution in [0.25, 0.3) is 0 Å². The molecule has 6 N–H and O–H groups in total. The fourth-order valence-corrected chi connectivity index (χ4v) is 3.69.